The lowest BCUT2D eigenvalue weighted by molar-refractivity contribution is -0.161. The summed E-state index contributed by atoms with van der Waals surface area (Å²) >= 11 is 0. The normalized spacial score (nSPS) is 14.1. The molecule has 0 aliphatic rings. The number of rotatable bonds is 35. The van der Waals surface area contributed by atoms with Crippen LogP contribution in [0.1, 0.15) is 168 Å². The lowest BCUT2D eigenvalue weighted by Gasteiger charge is -2.20. The number of carboxylic acid groups (broad SMARTS) is 1. The van der Waals surface area contributed by atoms with Gasteiger partial charge in [0.1, 0.15) is 12.6 Å². The third kappa shape index (κ3) is 31.5. The number of carbonyl (C=O) groups excluding carboxylic acids is 2. The summed E-state index contributed by atoms with van der Waals surface area (Å²) in [5.74, 6) is -2.39. The zero-order valence-corrected chi connectivity index (χ0v) is 31.0. The molecule has 0 aromatic carbocycles. The first-order chi connectivity index (χ1) is 23.1. The van der Waals surface area contributed by atoms with Crippen molar-refractivity contribution in [2.24, 2.45) is 5.73 Å². The number of esters is 2. The van der Waals surface area contributed by atoms with Gasteiger partial charge < -0.3 is 25.2 Å². The highest BCUT2D eigenvalue weighted by Gasteiger charge is 2.28. The molecule has 12 heteroatoms. The minimum absolute atomic E-state index is 0.155. The molecule has 48 heavy (non-hydrogen) atoms. The molecule has 0 aromatic rings. The Hall–Kier alpha value is -1.78. The molecule has 0 aliphatic carbocycles. The van der Waals surface area contributed by atoms with Gasteiger partial charge in [-0.15, -0.1) is 0 Å². The van der Waals surface area contributed by atoms with Crippen molar-refractivity contribution in [3.63, 3.8) is 0 Å². The number of ether oxygens (including phenoxy) is 2. The monoisotopic (exact) mass is 705 g/mol. The molecule has 0 spiro atoms. The molecular formula is C36H68NO10P. The molecule has 0 saturated carbocycles. The second-order valence-electron chi connectivity index (χ2n) is 12.7. The fourth-order valence-electron chi connectivity index (χ4n) is 5.00. The maximum atomic E-state index is 12.5. The van der Waals surface area contributed by atoms with Gasteiger partial charge in [0.2, 0.25) is 0 Å². The fraction of sp³-hybridized carbons (Fsp3) is 0.861. The van der Waals surface area contributed by atoms with Gasteiger partial charge in [-0.3, -0.25) is 23.4 Å². The van der Waals surface area contributed by atoms with Crippen LogP contribution < -0.4 is 5.73 Å². The second-order valence-corrected chi connectivity index (χ2v) is 14.2. The van der Waals surface area contributed by atoms with Crippen LogP contribution in [-0.4, -0.2) is 59.9 Å². The van der Waals surface area contributed by atoms with Gasteiger partial charge in [-0.2, -0.15) is 0 Å². The molecule has 3 unspecified atom stereocenters. The first-order valence-electron chi connectivity index (χ1n) is 18.7. The van der Waals surface area contributed by atoms with Gasteiger partial charge in [0.05, 0.1) is 13.2 Å². The van der Waals surface area contributed by atoms with E-state index >= 15 is 0 Å². The van der Waals surface area contributed by atoms with E-state index in [-0.39, 0.29) is 19.4 Å². The van der Waals surface area contributed by atoms with Crippen LogP contribution in [0.3, 0.4) is 0 Å². The molecule has 0 fully saturated rings. The zero-order valence-electron chi connectivity index (χ0n) is 30.1. The number of phosphoric acid groups is 1. The van der Waals surface area contributed by atoms with Gasteiger partial charge >= 0.3 is 25.7 Å². The third-order valence-electron chi connectivity index (χ3n) is 8.01. The fourth-order valence-corrected chi connectivity index (χ4v) is 5.78. The summed E-state index contributed by atoms with van der Waals surface area (Å²) < 4.78 is 32.5. The van der Waals surface area contributed by atoms with Crippen molar-refractivity contribution in [3.05, 3.63) is 12.2 Å². The summed E-state index contributed by atoms with van der Waals surface area (Å²) in [5.41, 5.74) is 5.31. The Balaban J connectivity index is 4.44. The van der Waals surface area contributed by atoms with E-state index in [0.717, 1.165) is 57.8 Å². The van der Waals surface area contributed by atoms with Crippen LogP contribution in [-0.2, 0) is 37.5 Å². The number of hydrogen-bond acceptors (Lipinski definition) is 9. The summed E-state index contributed by atoms with van der Waals surface area (Å²) in [6.45, 7) is 2.75. The molecule has 282 valence electrons. The number of unbranched alkanes of at least 4 members (excludes halogenated alkanes) is 19. The zero-order chi connectivity index (χ0) is 35.7. The van der Waals surface area contributed by atoms with Crippen LogP contribution in [0.5, 0.6) is 0 Å². The van der Waals surface area contributed by atoms with E-state index in [9.17, 15) is 23.8 Å². The Morgan fingerprint density at radius 1 is 0.625 bits per heavy atom. The number of carboxylic acids is 1. The summed E-state index contributed by atoms with van der Waals surface area (Å²) in [6, 6.07) is -1.52. The van der Waals surface area contributed by atoms with Crippen molar-refractivity contribution in [1.29, 1.82) is 0 Å². The molecule has 0 saturated heterocycles. The van der Waals surface area contributed by atoms with Crippen LogP contribution in [0.15, 0.2) is 12.2 Å². The summed E-state index contributed by atoms with van der Waals surface area (Å²) in [4.78, 5) is 45.6. The molecule has 0 rings (SSSR count). The Morgan fingerprint density at radius 3 is 1.52 bits per heavy atom. The number of phosphoric ester groups is 1. The van der Waals surface area contributed by atoms with E-state index in [1.54, 1.807) is 0 Å². The Bertz CT molecular complexity index is 885. The van der Waals surface area contributed by atoms with Gasteiger partial charge in [-0.25, -0.2) is 4.57 Å². The van der Waals surface area contributed by atoms with Crippen molar-refractivity contribution in [1.82, 2.24) is 0 Å². The van der Waals surface area contributed by atoms with E-state index in [4.69, 9.17) is 24.8 Å². The lowest BCUT2D eigenvalue weighted by atomic mass is 10.1. The maximum absolute atomic E-state index is 12.5. The van der Waals surface area contributed by atoms with Crippen LogP contribution >= 0.6 is 7.82 Å². The van der Waals surface area contributed by atoms with Crippen molar-refractivity contribution < 1.29 is 47.5 Å². The molecule has 0 heterocycles. The molecular weight excluding hydrogens is 637 g/mol. The predicted molar refractivity (Wildman–Crippen MR) is 189 cm³/mol. The summed E-state index contributed by atoms with van der Waals surface area (Å²) in [7, 11) is -4.70. The van der Waals surface area contributed by atoms with Gasteiger partial charge in [-0.05, 0) is 38.5 Å². The average Bonchev–Trinajstić information content (AvgIpc) is 3.05. The Kier molecular flexibility index (Phi) is 31.2. The Morgan fingerprint density at radius 2 is 1.04 bits per heavy atom. The number of nitrogens with two attached hydrogens (primary N) is 1. The summed E-state index contributed by atoms with van der Waals surface area (Å²) in [5, 5.41) is 8.84. The number of hydrogen-bond donors (Lipinski definition) is 3. The van der Waals surface area contributed by atoms with Gasteiger partial charge in [0.25, 0.3) is 0 Å². The minimum Gasteiger partial charge on any atom is -0.480 e. The topological polar surface area (TPSA) is 172 Å². The summed E-state index contributed by atoms with van der Waals surface area (Å²) in [6.07, 6.45) is 28.6. The van der Waals surface area contributed by atoms with E-state index < -0.39 is 51.1 Å². The van der Waals surface area contributed by atoms with Crippen molar-refractivity contribution in [3.8, 4) is 0 Å². The maximum Gasteiger partial charge on any atom is 0.472 e. The molecule has 0 radical (unpaired) electrons. The molecule has 0 amide bonds. The van der Waals surface area contributed by atoms with Crippen molar-refractivity contribution >= 4 is 25.7 Å². The van der Waals surface area contributed by atoms with Crippen LogP contribution in [0, 0.1) is 0 Å². The highest BCUT2D eigenvalue weighted by atomic mass is 31.2. The third-order valence-corrected chi connectivity index (χ3v) is 8.96. The predicted octanol–water partition coefficient (Wildman–Crippen LogP) is 8.95. The van der Waals surface area contributed by atoms with Crippen LogP contribution in [0.4, 0.5) is 0 Å². The smallest absolute Gasteiger partial charge is 0.472 e. The number of aliphatic carboxylic acids is 1. The molecule has 0 bridgehead atoms. The van der Waals surface area contributed by atoms with E-state index in [2.05, 4.69) is 30.5 Å². The van der Waals surface area contributed by atoms with Gasteiger partial charge in [0, 0.05) is 12.8 Å². The molecule has 0 aliphatic heterocycles. The Labute approximate surface area is 290 Å². The van der Waals surface area contributed by atoms with Crippen molar-refractivity contribution in [2.75, 3.05) is 19.8 Å². The van der Waals surface area contributed by atoms with Gasteiger partial charge in [0.15, 0.2) is 6.10 Å². The van der Waals surface area contributed by atoms with E-state index in [1.807, 2.05) is 0 Å². The number of carbonyl (C=O) groups is 3. The average molecular weight is 706 g/mol. The highest BCUT2D eigenvalue weighted by molar-refractivity contribution is 7.47. The lowest BCUT2D eigenvalue weighted by Crippen LogP contribution is -2.34. The van der Waals surface area contributed by atoms with E-state index in [0.29, 0.717) is 12.8 Å². The molecule has 3 atom stereocenters. The highest BCUT2D eigenvalue weighted by Crippen LogP contribution is 2.43. The van der Waals surface area contributed by atoms with Crippen LogP contribution in [0.25, 0.3) is 0 Å². The second kappa shape index (κ2) is 32.4. The largest absolute Gasteiger partial charge is 0.480 e. The minimum atomic E-state index is -4.70. The first kappa shape index (κ1) is 46.2. The van der Waals surface area contributed by atoms with Gasteiger partial charge in [-0.1, -0.05) is 129 Å². The molecule has 0 aromatic heterocycles. The SMILES string of the molecule is CCCCCCCC/C=C\CCCCCCCC(=O)OC(COC(=O)CCCCCCCCCCC)COP(=O)(O)OCC(N)C(=O)O. The van der Waals surface area contributed by atoms with Crippen LogP contribution in [0.2, 0.25) is 0 Å². The van der Waals surface area contributed by atoms with Crippen molar-refractivity contribution in [2.45, 2.75) is 180 Å². The first-order valence-corrected chi connectivity index (χ1v) is 20.2. The quantitative estimate of drug-likeness (QED) is 0.0249. The number of allylic oxidation sites excluding steroid dienone is 2. The molecule has 11 nitrogen and oxygen atoms in total. The van der Waals surface area contributed by atoms with E-state index in [1.165, 1.54) is 70.6 Å². The standard InChI is InChI=1S/C36H68NO10P/c1-3-5-7-9-11-13-14-15-16-17-18-20-22-24-26-28-35(39)47-32(30-45-48(42,43)46-31-33(37)36(40)41)29-44-34(38)27-25-23-21-19-12-10-8-6-4-2/h15-16,32-33H,3-14,17-31,37H2,1-2H3,(H,40,41)(H,42,43)/b16-15-. The molecule has 4 N–H and O–H groups in total.